The van der Waals surface area contributed by atoms with Gasteiger partial charge in [0.25, 0.3) is 0 Å². The van der Waals surface area contributed by atoms with Crippen LogP contribution in [0.25, 0.3) is 0 Å². The molecule has 0 saturated heterocycles. The number of anilines is 1. The van der Waals surface area contributed by atoms with E-state index in [4.69, 9.17) is 5.73 Å². The molecule has 0 aliphatic rings. The zero-order chi connectivity index (χ0) is 15.4. The van der Waals surface area contributed by atoms with Crippen LogP contribution >= 0.6 is 11.8 Å². The van der Waals surface area contributed by atoms with Crippen molar-refractivity contribution in [3.63, 3.8) is 0 Å². The topological polar surface area (TPSA) is 72.9 Å². The third kappa shape index (κ3) is 3.83. The lowest BCUT2D eigenvalue weighted by Crippen LogP contribution is -2.26. The zero-order valence-corrected chi connectivity index (χ0v) is 12.7. The number of nitrogens with zero attached hydrogens (tertiary/aromatic N) is 2. The molecule has 0 spiro atoms. The summed E-state index contributed by atoms with van der Waals surface area (Å²) in [5.41, 5.74) is 5.89. The second-order valence-corrected chi connectivity index (χ2v) is 5.70. The summed E-state index contributed by atoms with van der Waals surface area (Å²) in [5.74, 6) is -0.973. The number of aromatic nitrogens is 2. The molecular weight excluding hydrogens is 291 g/mol. The van der Waals surface area contributed by atoms with Gasteiger partial charge in [-0.25, -0.2) is 9.37 Å². The lowest BCUT2D eigenvalue weighted by Gasteiger charge is -2.13. The third-order valence-corrected chi connectivity index (χ3v) is 4.13. The maximum absolute atomic E-state index is 13.4. The highest BCUT2D eigenvalue weighted by atomic mass is 32.2. The molecule has 0 aliphatic heterocycles. The Bertz CT molecular complexity index is 644. The van der Waals surface area contributed by atoms with E-state index in [1.807, 2.05) is 17.8 Å². The Morgan fingerprint density at radius 1 is 1.57 bits per heavy atom. The van der Waals surface area contributed by atoms with E-state index in [-0.39, 0.29) is 18.4 Å². The predicted octanol–water partition coefficient (Wildman–Crippen LogP) is 2.24. The largest absolute Gasteiger partial charge is 0.330 e. The first-order chi connectivity index (χ1) is 10.0. The van der Waals surface area contributed by atoms with Gasteiger partial charge in [0.2, 0.25) is 5.91 Å². The van der Waals surface area contributed by atoms with Crippen molar-refractivity contribution in [3.8, 4) is 0 Å². The first-order valence-corrected chi connectivity index (χ1v) is 7.28. The van der Waals surface area contributed by atoms with Crippen LogP contribution in [-0.4, -0.2) is 22.0 Å². The van der Waals surface area contributed by atoms with E-state index in [0.717, 1.165) is 10.1 Å². The molecule has 1 unspecified atom stereocenters. The van der Waals surface area contributed by atoms with Gasteiger partial charge < -0.3 is 15.6 Å². The van der Waals surface area contributed by atoms with Crippen LogP contribution in [0.2, 0.25) is 0 Å². The van der Waals surface area contributed by atoms with E-state index < -0.39 is 5.82 Å². The van der Waals surface area contributed by atoms with Gasteiger partial charge in [0, 0.05) is 36.8 Å². The summed E-state index contributed by atoms with van der Waals surface area (Å²) in [4.78, 5) is 16.9. The summed E-state index contributed by atoms with van der Waals surface area (Å²) >= 11 is 1.36. The van der Waals surface area contributed by atoms with Crippen LogP contribution in [0.15, 0.2) is 40.6 Å². The Hall–Kier alpha value is -1.86. The predicted molar refractivity (Wildman–Crippen MR) is 80.6 cm³/mol. The van der Waals surface area contributed by atoms with Gasteiger partial charge in [0.1, 0.15) is 5.82 Å². The van der Waals surface area contributed by atoms with Crippen molar-refractivity contribution < 1.29 is 9.18 Å². The van der Waals surface area contributed by atoms with Gasteiger partial charge in [0.15, 0.2) is 5.16 Å². The number of aryl methyl sites for hydroxylation is 1. The van der Waals surface area contributed by atoms with Crippen molar-refractivity contribution in [2.24, 2.45) is 18.7 Å². The van der Waals surface area contributed by atoms with Gasteiger partial charge in [-0.3, -0.25) is 4.79 Å². The van der Waals surface area contributed by atoms with Gasteiger partial charge in [-0.2, -0.15) is 0 Å². The number of carbonyl (C=O) groups is 1. The number of nitrogens with two attached hydrogens (primary N) is 1. The molecular formula is C14H17FN4OS. The third-order valence-electron chi connectivity index (χ3n) is 2.98. The summed E-state index contributed by atoms with van der Waals surface area (Å²) in [6.45, 7) is 1.96. The van der Waals surface area contributed by atoms with Gasteiger partial charge in [-0.15, -0.1) is 0 Å². The van der Waals surface area contributed by atoms with Crippen LogP contribution < -0.4 is 11.1 Å². The Labute approximate surface area is 126 Å². The number of benzene rings is 1. The average Bonchev–Trinajstić information content (AvgIpc) is 2.86. The number of amides is 1. The SMILES string of the molecule is CC(CN)C(=O)Nc1cc(F)ccc1Sc1nccn1C. The van der Waals surface area contributed by atoms with Crippen molar-refractivity contribution in [1.82, 2.24) is 9.55 Å². The molecule has 1 atom stereocenters. The second-order valence-electron chi connectivity index (χ2n) is 4.69. The molecule has 0 bridgehead atoms. The van der Waals surface area contributed by atoms with Crippen LogP contribution in [0.1, 0.15) is 6.92 Å². The minimum Gasteiger partial charge on any atom is -0.330 e. The minimum atomic E-state index is -0.408. The highest BCUT2D eigenvalue weighted by Crippen LogP contribution is 2.33. The van der Waals surface area contributed by atoms with E-state index in [9.17, 15) is 9.18 Å². The molecule has 5 nitrogen and oxygen atoms in total. The van der Waals surface area contributed by atoms with E-state index in [1.54, 1.807) is 19.2 Å². The molecule has 3 N–H and O–H groups in total. The summed E-state index contributed by atoms with van der Waals surface area (Å²) in [7, 11) is 1.87. The number of hydrogen-bond acceptors (Lipinski definition) is 4. The first kappa shape index (κ1) is 15.5. The molecule has 2 rings (SSSR count). The number of carbonyl (C=O) groups excluding carboxylic acids is 1. The number of nitrogens with one attached hydrogen (secondary N) is 1. The monoisotopic (exact) mass is 308 g/mol. The normalized spacial score (nSPS) is 12.2. The molecule has 0 radical (unpaired) electrons. The van der Waals surface area contributed by atoms with Gasteiger partial charge in [-0.1, -0.05) is 6.92 Å². The fraction of sp³-hybridized carbons (Fsp3) is 0.286. The molecule has 0 aliphatic carbocycles. The lowest BCUT2D eigenvalue weighted by molar-refractivity contribution is -0.119. The van der Waals surface area contributed by atoms with Crippen molar-refractivity contribution in [2.75, 3.05) is 11.9 Å². The summed E-state index contributed by atoms with van der Waals surface area (Å²) in [6, 6.07) is 4.27. The molecule has 1 amide bonds. The van der Waals surface area contributed by atoms with Gasteiger partial charge >= 0.3 is 0 Å². The fourth-order valence-corrected chi connectivity index (χ4v) is 2.47. The molecule has 112 valence electrons. The number of hydrogen-bond donors (Lipinski definition) is 2. The lowest BCUT2D eigenvalue weighted by atomic mass is 10.1. The quantitative estimate of drug-likeness (QED) is 0.888. The number of halogens is 1. The molecule has 0 fully saturated rings. The van der Waals surface area contributed by atoms with Gasteiger partial charge in [-0.05, 0) is 30.0 Å². The van der Waals surface area contributed by atoms with Crippen LogP contribution in [0, 0.1) is 11.7 Å². The van der Waals surface area contributed by atoms with Gasteiger partial charge in [0.05, 0.1) is 5.69 Å². The smallest absolute Gasteiger partial charge is 0.228 e. The molecule has 1 aromatic heterocycles. The molecule has 0 saturated carbocycles. The Morgan fingerprint density at radius 2 is 2.33 bits per heavy atom. The first-order valence-electron chi connectivity index (χ1n) is 6.47. The minimum absolute atomic E-state index is 0.232. The Balaban J connectivity index is 2.25. The van der Waals surface area contributed by atoms with Crippen LogP contribution in [0.4, 0.5) is 10.1 Å². The Morgan fingerprint density at radius 3 is 2.95 bits per heavy atom. The number of imidazole rings is 1. The molecule has 1 heterocycles. The van der Waals surface area contributed by atoms with Crippen LogP contribution in [-0.2, 0) is 11.8 Å². The maximum atomic E-state index is 13.4. The molecule has 2 aromatic rings. The Kier molecular flexibility index (Phi) is 4.98. The summed E-state index contributed by atoms with van der Waals surface area (Å²) in [5, 5.41) is 3.47. The summed E-state index contributed by atoms with van der Waals surface area (Å²) in [6.07, 6.45) is 3.50. The maximum Gasteiger partial charge on any atom is 0.228 e. The van der Waals surface area contributed by atoms with E-state index in [0.29, 0.717) is 5.69 Å². The fourth-order valence-electron chi connectivity index (χ4n) is 1.60. The standard InChI is InChI=1S/C14H17FN4OS/c1-9(8-16)13(20)18-11-7-10(15)3-4-12(11)21-14-17-5-6-19(14)2/h3-7,9H,8,16H2,1-2H3,(H,18,20). The van der Waals surface area contributed by atoms with Crippen molar-refractivity contribution in [2.45, 2.75) is 17.0 Å². The zero-order valence-electron chi connectivity index (χ0n) is 11.8. The second kappa shape index (κ2) is 6.73. The molecule has 1 aromatic carbocycles. The molecule has 7 heteroatoms. The summed E-state index contributed by atoms with van der Waals surface area (Å²) < 4.78 is 15.3. The van der Waals surface area contributed by atoms with E-state index in [1.165, 1.54) is 23.9 Å². The van der Waals surface area contributed by atoms with Crippen LogP contribution in [0.3, 0.4) is 0 Å². The van der Waals surface area contributed by atoms with E-state index in [2.05, 4.69) is 10.3 Å². The van der Waals surface area contributed by atoms with Crippen molar-refractivity contribution in [3.05, 3.63) is 36.4 Å². The van der Waals surface area contributed by atoms with E-state index >= 15 is 0 Å². The van der Waals surface area contributed by atoms with Crippen molar-refractivity contribution in [1.29, 1.82) is 0 Å². The van der Waals surface area contributed by atoms with Crippen molar-refractivity contribution >= 4 is 23.4 Å². The molecule has 21 heavy (non-hydrogen) atoms. The highest BCUT2D eigenvalue weighted by molar-refractivity contribution is 7.99. The van der Waals surface area contributed by atoms with Crippen LogP contribution in [0.5, 0.6) is 0 Å². The average molecular weight is 308 g/mol. The highest BCUT2D eigenvalue weighted by Gasteiger charge is 2.15. The number of rotatable bonds is 5.